The largest absolute Gasteiger partial charge is 0.491 e. The van der Waals surface area contributed by atoms with Gasteiger partial charge in [0.15, 0.2) is 0 Å². The van der Waals surface area contributed by atoms with Crippen molar-refractivity contribution in [3.63, 3.8) is 0 Å². The molecule has 1 N–H and O–H groups in total. The van der Waals surface area contributed by atoms with Gasteiger partial charge >= 0.3 is 0 Å². The third-order valence-electron chi connectivity index (χ3n) is 5.86. The molecule has 1 saturated heterocycles. The van der Waals surface area contributed by atoms with Crippen molar-refractivity contribution in [3.05, 3.63) is 71.8 Å². The Morgan fingerprint density at radius 2 is 1.62 bits per heavy atom. The van der Waals surface area contributed by atoms with E-state index in [4.69, 9.17) is 4.74 Å². The third kappa shape index (κ3) is 4.89. The van der Waals surface area contributed by atoms with Gasteiger partial charge in [-0.2, -0.15) is 0 Å². The number of aryl methyl sites for hydroxylation is 2. The maximum Gasteiger partial charge on any atom is 0.120 e. The molecule has 1 atom stereocenters. The van der Waals surface area contributed by atoms with Gasteiger partial charge in [-0.1, -0.05) is 36.4 Å². The summed E-state index contributed by atoms with van der Waals surface area (Å²) in [4.78, 5) is 4.76. The molecule has 0 radical (unpaired) electrons. The molecule has 0 saturated carbocycles. The van der Waals surface area contributed by atoms with Crippen LogP contribution in [0.5, 0.6) is 5.75 Å². The zero-order valence-electron chi connectivity index (χ0n) is 17.3. The molecular formula is C25H30N2O2. The van der Waals surface area contributed by atoms with Crippen LogP contribution in [0.1, 0.15) is 11.1 Å². The Morgan fingerprint density at radius 3 is 2.38 bits per heavy atom. The van der Waals surface area contributed by atoms with Crippen LogP contribution in [0.2, 0.25) is 0 Å². The SMILES string of the molecule is Cc1ccc(N2CCN(C[C@@H](O)COc3ccc4ccccc4c3)CC2)cc1C. The van der Waals surface area contributed by atoms with Crippen molar-refractivity contribution in [2.75, 3.05) is 44.2 Å². The highest BCUT2D eigenvalue weighted by Crippen LogP contribution is 2.22. The lowest BCUT2D eigenvalue weighted by Crippen LogP contribution is -2.49. The Labute approximate surface area is 173 Å². The van der Waals surface area contributed by atoms with E-state index in [0.29, 0.717) is 13.2 Å². The number of ether oxygens (including phenoxy) is 1. The van der Waals surface area contributed by atoms with Crippen molar-refractivity contribution in [2.45, 2.75) is 20.0 Å². The fourth-order valence-corrected chi connectivity index (χ4v) is 3.91. The number of hydrogen-bond donors (Lipinski definition) is 1. The molecule has 1 aliphatic heterocycles. The molecule has 4 nitrogen and oxygen atoms in total. The number of anilines is 1. The fraction of sp³-hybridized carbons (Fsp3) is 0.360. The van der Waals surface area contributed by atoms with Crippen molar-refractivity contribution in [3.8, 4) is 5.75 Å². The number of β-amino-alcohol motifs (C(OH)–C–C–N with tert-alkyl or cyclic N) is 1. The lowest BCUT2D eigenvalue weighted by molar-refractivity contribution is 0.0663. The molecule has 3 aromatic rings. The van der Waals surface area contributed by atoms with Crippen molar-refractivity contribution >= 4 is 16.5 Å². The first-order valence-electron chi connectivity index (χ1n) is 10.4. The monoisotopic (exact) mass is 390 g/mol. The van der Waals surface area contributed by atoms with Crippen LogP contribution in [0.3, 0.4) is 0 Å². The predicted octanol–water partition coefficient (Wildman–Crippen LogP) is 4.02. The summed E-state index contributed by atoms with van der Waals surface area (Å²) in [5, 5.41) is 12.8. The van der Waals surface area contributed by atoms with Gasteiger partial charge in [-0.05, 0) is 60.0 Å². The molecule has 1 heterocycles. The maximum absolute atomic E-state index is 10.4. The fourth-order valence-electron chi connectivity index (χ4n) is 3.91. The summed E-state index contributed by atoms with van der Waals surface area (Å²) < 4.78 is 5.85. The zero-order valence-corrected chi connectivity index (χ0v) is 17.3. The normalized spacial score (nSPS) is 16.2. The summed E-state index contributed by atoms with van der Waals surface area (Å²) >= 11 is 0. The predicted molar refractivity (Wildman–Crippen MR) is 120 cm³/mol. The van der Waals surface area contributed by atoms with E-state index < -0.39 is 6.10 Å². The smallest absolute Gasteiger partial charge is 0.120 e. The standard InChI is InChI=1S/C25H30N2O2/c1-19-7-9-23(15-20(19)2)27-13-11-26(12-14-27)17-24(28)18-29-25-10-8-21-5-3-4-6-22(21)16-25/h3-10,15-16,24,28H,11-14,17-18H2,1-2H3/t24-/m1/s1. The molecule has 0 bridgehead atoms. The van der Waals surface area contributed by atoms with E-state index in [9.17, 15) is 5.11 Å². The Morgan fingerprint density at radius 1 is 0.862 bits per heavy atom. The van der Waals surface area contributed by atoms with Gasteiger partial charge in [0.05, 0.1) is 0 Å². The summed E-state index contributed by atoms with van der Waals surface area (Å²) in [6, 6.07) is 21.0. The number of rotatable bonds is 6. The van der Waals surface area contributed by atoms with Crippen molar-refractivity contribution in [2.24, 2.45) is 0 Å². The minimum Gasteiger partial charge on any atom is -0.491 e. The number of aliphatic hydroxyl groups is 1. The second-order valence-corrected chi connectivity index (χ2v) is 8.03. The van der Waals surface area contributed by atoms with E-state index in [0.717, 1.165) is 37.3 Å². The quantitative estimate of drug-likeness (QED) is 0.690. The minimum absolute atomic E-state index is 0.315. The van der Waals surface area contributed by atoms with Crippen LogP contribution < -0.4 is 9.64 Å². The summed E-state index contributed by atoms with van der Waals surface area (Å²) in [7, 11) is 0. The summed E-state index contributed by atoms with van der Waals surface area (Å²) in [5.41, 5.74) is 3.97. The lowest BCUT2D eigenvalue weighted by atomic mass is 10.1. The molecule has 0 aliphatic carbocycles. The van der Waals surface area contributed by atoms with Gasteiger partial charge in [0.1, 0.15) is 18.5 Å². The highest BCUT2D eigenvalue weighted by atomic mass is 16.5. The third-order valence-corrected chi connectivity index (χ3v) is 5.86. The summed E-state index contributed by atoms with van der Waals surface area (Å²) in [5.74, 6) is 0.808. The second kappa shape index (κ2) is 8.85. The van der Waals surface area contributed by atoms with Crippen molar-refractivity contribution in [1.29, 1.82) is 0 Å². The first-order chi connectivity index (χ1) is 14.1. The first-order valence-corrected chi connectivity index (χ1v) is 10.4. The Bertz CT molecular complexity index is 964. The molecule has 152 valence electrons. The van der Waals surface area contributed by atoms with Gasteiger partial charge in [-0.3, -0.25) is 4.90 Å². The molecular weight excluding hydrogens is 360 g/mol. The van der Waals surface area contributed by atoms with Crippen LogP contribution in [-0.4, -0.2) is 55.4 Å². The number of fused-ring (bicyclic) bond motifs is 1. The molecule has 0 unspecified atom stereocenters. The average Bonchev–Trinajstić information content (AvgIpc) is 2.75. The van der Waals surface area contributed by atoms with Crippen LogP contribution in [0.25, 0.3) is 10.8 Å². The van der Waals surface area contributed by atoms with E-state index >= 15 is 0 Å². The lowest BCUT2D eigenvalue weighted by Gasteiger charge is -2.37. The Hall–Kier alpha value is -2.56. The molecule has 1 fully saturated rings. The molecule has 4 rings (SSSR count). The van der Waals surface area contributed by atoms with Crippen LogP contribution >= 0.6 is 0 Å². The molecule has 0 amide bonds. The van der Waals surface area contributed by atoms with Crippen molar-refractivity contribution < 1.29 is 9.84 Å². The van der Waals surface area contributed by atoms with E-state index in [1.165, 1.54) is 22.2 Å². The number of aliphatic hydroxyl groups excluding tert-OH is 1. The van der Waals surface area contributed by atoms with Crippen LogP contribution in [0.15, 0.2) is 60.7 Å². The molecule has 0 spiro atoms. The summed E-state index contributed by atoms with van der Waals surface area (Å²) in [6.45, 7) is 9.17. The molecule has 4 heteroatoms. The van der Waals surface area contributed by atoms with Gasteiger partial charge < -0.3 is 14.7 Å². The molecule has 1 aliphatic rings. The van der Waals surface area contributed by atoms with Gasteiger partial charge in [0.2, 0.25) is 0 Å². The van der Waals surface area contributed by atoms with Crippen LogP contribution in [0, 0.1) is 13.8 Å². The second-order valence-electron chi connectivity index (χ2n) is 8.03. The molecule has 3 aromatic carbocycles. The van der Waals surface area contributed by atoms with E-state index in [1.807, 2.05) is 24.3 Å². The molecule has 0 aromatic heterocycles. The topological polar surface area (TPSA) is 35.9 Å². The van der Waals surface area contributed by atoms with Crippen molar-refractivity contribution in [1.82, 2.24) is 4.90 Å². The zero-order chi connectivity index (χ0) is 20.2. The van der Waals surface area contributed by atoms with Gasteiger partial charge in [-0.25, -0.2) is 0 Å². The number of nitrogens with zero attached hydrogens (tertiary/aromatic N) is 2. The van der Waals surface area contributed by atoms with E-state index in [1.54, 1.807) is 0 Å². The first kappa shape index (κ1) is 19.7. The van der Waals surface area contributed by atoms with Crippen LogP contribution in [0.4, 0.5) is 5.69 Å². The number of piperazine rings is 1. The van der Waals surface area contributed by atoms with Crippen LogP contribution in [-0.2, 0) is 0 Å². The van der Waals surface area contributed by atoms with E-state index in [-0.39, 0.29) is 0 Å². The van der Waals surface area contributed by atoms with Gasteiger partial charge in [-0.15, -0.1) is 0 Å². The summed E-state index contributed by atoms with van der Waals surface area (Å²) in [6.07, 6.45) is -0.491. The molecule has 29 heavy (non-hydrogen) atoms. The van der Waals surface area contributed by atoms with Gasteiger partial charge in [0.25, 0.3) is 0 Å². The average molecular weight is 391 g/mol. The number of benzene rings is 3. The Balaban J connectivity index is 1.25. The minimum atomic E-state index is -0.491. The number of hydrogen-bond acceptors (Lipinski definition) is 4. The van der Waals surface area contributed by atoms with E-state index in [2.05, 4.69) is 60.0 Å². The highest BCUT2D eigenvalue weighted by Gasteiger charge is 2.20. The highest BCUT2D eigenvalue weighted by molar-refractivity contribution is 5.83. The Kier molecular flexibility index (Phi) is 6.02. The van der Waals surface area contributed by atoms with Gasteiger partial charge in [0, 0.05) is 38.4 Å². The maximum atomic E-state index is 10.4.